The summed E-state index contributed by atoms with van der Waals surface area (Å²) < 4.78 is 15.3. The molecule has 3 aromatic carbocycles. The van der Waals surface area contributed by atoms with Gasteiger partial charge in [0.15, 0.2) is 0 Å². The number of halogens is 3. The van der Waals surface area contributed by atoms with E-state index in [1.807, 2.05) is 30.3 Å². The van der Waals surface area contributed by atoms with E-state index in [4.69, 9.17) is 11.6 Å². The quantitative estimate of drug-likeness (QED) is 0.292. The van der Waals surface area contributed by atoms with Crippen LogP contribution in [0.4, 0.5) is 4.39 Å². The number of aromatic nitrogens is 4. The average Bonchev–Trinajstić information content (AvgIpc) is 3.24. The molecule has 5 aromatic rings. The van der Waals surface area contributed by atoms with Gasteiger partial charge in [0.25, 0.3) is 0 Å². The molecular formula is C20H11ClFIN4. The lowest BCUT2D eigenvalue weighted by Crippen LogP contribution is -1.87. The molecule has 132 valence electrons. The first kappa shape index (κ1) is 16.7. The van der Waals surface area contributed by atoms with Crippen LogP contribution in [0.25, 0.3) is 44.8 Å². The first-order valence-electron chi connectivity index (χ1n) is 8.18. The molecule has 0 aliphatic rings. The fraction of sp³-hybridized carbons (Fsp3) is 0. The van der Waals surface area contributed by atoms with Crippen LogP contribution in [-0.4, -0.2) is 19.9 Å². The zero-order valence-corrected chi connectivity index (χ0v) is 16.6. The summed E-state index contributed by atoms with van der Waals surface area (Å²) in [4.78, 5) is 15.6. The highest BCUT2D eigenvalue weighted by Crippen LogP contribution is 2.31. The first-order chi connectivity index (χ1) is 13.1. The summed E-state index contributed by atoms with van der Waals surface area (Å²) >= 11 is 8.44. The van der Waals surface area contributed by atoms with Gasteiger partial charge in [-0.25, -0.2) is 14.4 Å². The molecule has 4 nitrogen and oxygen atoms in total. The van der Waals surface area contributed by atoms with Crippen LogP contribution in [0.2, 0.25) is 5.02 Å². The van der Waals surface area contributed by atoms with Crippen LogP contribution in [-0.2, 0) is 0 Å². The number of benzene rings is 3. The molecule has 0 aliphatic carbocycles. The van der Waals surface area contributed by atoms with Crippen LogP contribution in [0.5, 0.6) is 0 Å². The van der Waals surface area contributed by atoms with Gasteiger partial charge in [-0.3, -0.25) is 0 Å². The lowest BCUT2D eigenvalue weighted by molar-refractivity contribution is 0.630. The van der Waals surface area contributed by atoms with Crippen molar-refractivity contribution < 1.29 is 4.39 Å². The summed E-state index contributed by atoms with van der Waals surface area (Å²) in [5, 5.41) is 0.321. The lowest BCUT2D eigenvalue weighted by atomic mass is 10.2. The molecule has 27 heavy (non-hydrogen) atoms. The van der Waals surface area contributed by atoms with E-state index in [1.54, 1.807) is 12.1 Å². The van der Waals surface area contributed by atoms with Gasteiger partial charge in [0, 0.05) is 9.13 Å². The molecule has 0 fully saturated rings. The van der Waals surface area contributed by atoms with Crippen LogP contribution in [0.15, 0.2) is 54.6 Å². The second kappa shape index (κ2) is 6.31. The number of H-pyrrole nitrogens is 2. The maximum absolute atomic E-state index is 14.2. The highest BCUT2D eigenvalue weighted by atomic mass is 127. The Bertz CT molecular complexity index is 1300. The smallest absolute Gasteiger partial charge is 0.142 e. The van der Waals surface area contributed by atoms with Crippen LogP contribution >= 0.6 is 34.2 Å². The van der Waals surface area contributed by atoms with Crippen molar-refractivity contribution in [3.8, 4) is 22.8 Å². The number of hydrogen-bond acceptors (Lipinski definition) is 2. The fourth-order valence-corrected chi connectivity index (χ4v) is 3.86. The maximum atomic E-state index is 14.2. The summed E-state index contributed by atoms with van der Waals surface area (Å²) in [5.41, 5.74) is 4.61. The maximum Gasteiger partial charge on any atom is 0.142 e. The molecular weight excluding hydrogens is 478 g/mol. The summed E-state index contributed by atoms with van der Waals surface area (Å²) in [6, 6.07) is 16.4. The summed E-state index contributed by atoms with van der Waals surface area (Å²) in [5.74, 6) is 0.770. The molecule has 0 aliphatic heterocycles. The van der Waals surface area contributed by atoms with Gasteiger partial charge in [-0.2, -0.15) is 0 Å². The summed E-state index contributed by atoms with van der Waals surface area (Å²) in [6.45, 7) is 0. The molecule has 0 saturated heterocycles. The molecule has 7 heteroatoms. The Kier molecular flexibility index (Phi) is 3.91. The number of nitrogens with zero attached hydrogens (tertiary/aromatic N) is 2. The Morgan fingerprint density at radius 3 is 2.37 bits per heavy atom. The molecule has 0 spiro atoms. The molecule has 2 N–H and O–H groups in total. The normalized spacial score (nSPS) is 11.5. The van der Waals surface area contributed by atoms with Crippen molar-refractivity contribution in [3.63, 3.8) is 0 Å². The third-order valence-corrected chi connectivity index (χ3v) is 5.38. The molecule has 2 aromatic heterocycles. The highest BCUT2D eigenvalue weighted by molar-refractivity contribution is 14.1. The van der Waals surface area contributed by atoms with E-state index in [0.717, 1.165) is 37.0 Å². The first-order valence-corrected chi connectivity index (χ1v) is 9.64. The summed E-state index contributed by atoms with van der Waals surface area (Å²) in [6.07, 6.45) is 0. The average molecular weight is 489 g/mol. The Labute approximate surface area is 171 Å². The SMILES string of the molecule is Fc1cccc(Cl)c1-c1nc2ccc(-c3nc4ccc(I)cc4[nH]3)cc2[nH]1. The Hall–Kier alpha value is -2.45. The predicted octanol–water partition coefficient (Wildman–Crippen LogP) is 6.17. The van der Waals surface area contributed by atoms with Gasteiger partial charge in [0.2, 0.25) is 0 Å². The number of imidazole rings is 2. The van der Waals surface area contributed by atoms with Gasteiger partial charge in [-0.15, -0.1) is 0 Å². The van der Waals surface area contributed by atoms with Gasteiger partial charge in [-0.1, -0.05) is 17.7 Å². The van der Waals surface area contributed by atoms with E-state index in [2.05, 4.69) is 48.6 Å². The fourth-order valence-electron chi connectivity index (χ4n) is 3.12. The van der Waals surface area contributed by atoms with Gasteiger partial charge < -0.3 is 9.97 Å². The molecule has 0 amide bonds. The van der Waals surface area contributed by atoms with Gasteiger partial charge in [0.1, 0.15) is 17.5 Å². The Morgan fingerprint density at radius 2 is 1.56 bits per heavy atom. The van der Waals surface area contributed by atoms with Crippen molar-refractivity contribution in [1.29, 1.82) is 0 Å². The molecule has 0 bridgehead atoms. The third-order valence-electron chi connectivity index (χ3n) is 4.40. The van der Waals surface area contributed by atoms with Crippen molar-refractivity contribution in [3.05, 3.63) is 69.0 Å². The number of hydrogen-bond donors (Lipinski definition) is 2. The van der Waals surface area contributed by atoms with Crippen molar-refractivity contribution in [2.24, 2.45) is 0 Å². The summed E-state index contributed by atoms with van der Waals surface area (Å²) in [7, 11) is 0. The molecule has 2 heterocycles. The van der Waals surface area contributed by atoms with Crippen LogP contribution < -0.4 is 0 Å². The van der Waals surface area contributed by atoms with E-state index < -0.39 is 5.82 Å². The highest BCUT2D eigenvalue weighted by Gasteiger charge is 2.15. The number of nitrogens with one attached hydrogen (secondary N) is 2. The van der Waals surface area contributed by atoms with E-state index in [-0.39, 0.29) is 5.56 Å². The van der Waals surface area contributed by atoms with E-state index in [0.29, 0.717) is 10.8 Å². The van der Waals surface area contributed by atoms with E-state index in [1.165, 1.54) is 6.07 Å². The van der Waals surface area contributed by atoms with E-state index in [9.17, 15) is 4.39 Å². The van der Waals surface area contributed by atoms with Crippen LogP contribution in [0.1, 0.15) is 0 Å². The van der Waals surface area contributed by atoms with Crippen LogP contribution in [0, 0.1) is 9.39 Å². The second-order valence-electron chi connectivity index (χ2n) is 6.16. The molecule has 5 rings (SSSR count). The monoisotopic (exact) mass is 488 g/mol. The molecule has 0 radical (unpaired) electrons. The largest absolute Gasteiger partial charge is 0.338 e. The van der Waals surface area contributed by atoms with Crippen molar-refractivity contribution in [2.75, 3.05) is 0 Å². The van der Waals surface area contributed by atoms with E-state index >= 15 is 0 Å². The zero-order chi connectivity index (χ0) is 18.5. The topological polar surface area (TPSA) is 57.4 Å². The van der Waals surface area contributed by atoms with Crippen molar-refractivity contribution in [1.82, 2.24) is 19.9 Å². The minimum absolute atomic E-state index is 0.273. The van der Waals surface area contributed by atoms with Crippen LogP contribution in [0.3, 0.4) is 0 Å². The lowest BCUT2D eigenvalue weighted by Gasteiger charge is -2.01. The molecule has 0 atom stereocenters. The Morgan fingerprint density at radius 1 is 0.852 bits per heavy atom. The molecule has 0 unspecified atom stereocenters. The minimum atomic E-state index is -0.409. The second-order valence-corrected chi connectivity index (χ2v) is 7.81. The van der Waals surface area contributed by atoms with Gasteiger partial charge in [0.05, 0.1) is 32.7 Å². The number of rotatable bonds is 2. The van der Waals surface area contributed by atoms with Crippen molar-refractivity contribution >= 4 is 56.3 Å². The van der Waals surface area contributed by atoms with Gasteiger partial charge in [-0.05, 0) is 71.1 Å². The zero-order valence-electron chi connectivity index (χ0n) is 13.7. The van der Waals surface area contributed by atoms with Crippen molar-refractivity contribution in [2.45, 2.75) is 0 Å². The number of aromatic amines is 2. The minimum Gasteiger partial charge on any atom is -0.338 e. The number of fused-ring (bicyclic) bond motifs is 2. The van der Waals surface area contributed by atoms with Gasteiger partial charge >= 0.3 is 0 Å². The standard InChI is InChI=1S/C20H11ClFIN4/c21-12-2-1-3-13(22)18(12)20-25-14-6-4-10(8-16(14)27-20)19-24-15-7-5-11(23)9-17(15)26-19/h1-9H,(H,24,26)(H,25,27). The third kappa shape index (κ3) is 2.89. The Balaban J connectivity index is 1.63. The molecule has 0 saturated carbocycles. The predicted molar refractivity (Wildman–Crippen MR) is 114 cm³/mol.